The fourth-order valence-electron chi connectivity index (χ4n) is 1.69. The molecule has 0 spiro atoms. The van der Waals surface area contributed by atoms with Gasteiger partial charge < -0.3 is 14.8 Å². The monoisotopic (exact) mass is 219 g/mol. The molecule has 0 aliphatic heterocycles. The van der Waals surface area contributed by atoms with Crippen LogP contribution in [0.4, 0.5) is 0 Å². The Hall–Kier alpha value is -1.32. The average molecular weight is 219 g/mol. The van der Waals surface area contributed by atoms with Crippen molar-refractivity contribution in [3.05, 3.63) is 36.1 Å². The predicted molar refractivity (Wildman–Crippen MR) is 64.2 cm³/mol. The van der Waals surface area contributed by atoms with E-state index in [1.807, 2.05) is 30.3 Å². The average Bonchev–Trinajstić information content (AvgIpc) is 2.69. The van der Waals surface area contributed by atoms with Crippen LogP contribution in [0.1, 0.15) is 19.1 Å². The Morgan fingerprint density at radius 2 is 2.19 bits per heavy atom. The number of aliphatic hydroxyl groups excluding tert-OH is 1. The maximum atomic E-state index is 8.78. The molecule has 0 radical (unpaired) electrons. The lowest BCUT2D eigenvalue weighted by atomic mass is 10.2. The summed E-state index contributed by atoms with van der Waals surface area (Å²) in [7, 11) is 0. The first-order valence-corrected chi connectivity index (χ1v) is 5.61. The van der Waals surface area contributed by atoms with Crippen molar-refractivity contribution < 1.29 is 9.52 Å². The molecule has 1 heterocycles. The molecular formula is C13H17NO2. The zero-order chi connectivity index (χ0) is 11.4. The van der Waals surface area contributed by atoms with Crippen molar-refractivity contribution >= 4 is 11.0 Å². The minimum atomic E-state index is 0.217. The molecule has 0 aliphatic rings. The van der Waals surface area contributed by atoms with Crippen LogP contribution >= 0.6 is 0 Å². The lowest BCUT2D eigenvalue weighted by Crippen LogP contribution is -2.26. The lowest BCUT2D eigenvalue weighted by molar-refractivity contribution is 0.267. The van der Waals surface area contributed by atoms with Crippen LogP contribution in [0.2, 0.25) is 0 Å². The second kappa shape index (κ2) is 5.14. The number of fused-ring (bicyclic) bond motifs is 1. The lowest BCUT2D eigenvalue weighted by Gasteiger charge is -2.10. The first kappa shape index (κ1) is 11.2. The van der Waals surface area contributed by atoms with Gasteiger partial charge in [0.15, 0.2) is 0 Å². The second-order valence-corrected chi connectivity index (χ2v) is 4.04. The molecule has 0 saturated heterocycles. The van der Waals surface area contributed by atoms with Crippen LogP contribution in [-0.4, -0.2) is 17.8 Å². The molecule has 1 aromatic heterocycles. The van der Waals surface area contributed by atoms with Crippen LogP contribution in [0.25, 0.3) is 11.0 Å². The maximum absolute atomic E-state index is 8.78. The van der Waals surface area contributed by atoms with E-state index in [0.29, 0.717) is 12.6 Å². The molecule has 1 unspecified atom stereocenters. The van der Waals surface area contributed by atoms with Gasteiger partial charge >= 0.3 is 0 Å². The van der Waals surface area contributed by atoms with Crippen molar-refractivity contribution in [2.75, 3.05) is 6.61 Å². The van der Waals surface area contributed by atoms with Crippen molar-refractivity contribution in [1.29, 1.82) is 0 Å². The molecule has 2 rings (SSSR count). The summed E-state index contributed by atoms with van der Waals surface area (Å²) in [6, 6.07) is 10.3. The van der Waals surface area contributed by atoms with E-state index >= 15 is 0 Å². The molecule has 0 aliphatic carbocycles. The van der Waals surface area contributed by atoms with E-state index in [1.165, 1.54) is 0 Å². The number of aliphatic hydroxyl groups is 1. The Morgan fingerprint density at radius 1 is 1.38 bits per heavy atom. The van der Waals surface area contributed by atoms with Crippen LogP contribution in [0.3, 0.4) is 0 Å². The molecule has 1 aromatic carbocycles. The largest absolute Gasteiger partial charge is 0.460 e. The van der Waals surface area contributed by atoms with Crippen molar-refractivity contribution in [3.8, 4) is 0 Å². The number of hydrogen-bond donors (Lipinski definition) is 2. The zero-order valence-corrected chi connectivity index (χ0v) is 9.44. The van der Waals surface area contributed by atoms with Gasteiger partial charge in [0, 0.05) is 18.0 Å². The van der Waals surface area contributed by atoms with Gasteiger partial charge in [-0.3, -0.25) is 0 Å². The summed E-state index contributed by atoms with van der Waals surface area (Å²) in [6.45, 7) is 2.98. The highest BCUT2D eigenvalue weighted by Crippen LogP contribution is 2.18. The maximum Gasteiger partial charge on any atom is 0.134 e. The summed E-state index contributed by atoms with van der Waals surface area (Å²) < 4.78 is 5.67. The molecule has 2 N–H and O–H groups in total. The summed E-state index contributed by atoms with van der Waals surface area (Å²) >= 11 is 0. The highest BCUT2D eigenvalue weighted by atomic mass is 16.3. The SMILES string of the molecule is CC(CCO)NCc1cc2ccccc2o1. The van der Waals surface area contributed by atoms with E-state index < -0.39 is 0 Å². The predicted octanol–water partition coefficient (Wildman–Crippen LogP) is 2.29. The van der Waals surface area contributed by atoms with E-state index in [2.05, 4.69) is 12.2 Å². The van der Waals surface area contributed by atoms with Crippen molar-refractivity contribution in [2.24, 2.45) is 0 Å². The molecule has 16 heavy (non-hydrogen) atoms. The zero-order valence-electron chi connectivity index (χ0n) is 9.44. The van der Waals surface area contributed by atoms with Crippen molar-refractivity contribution in [2.45, 2.75) is 25.9 Å². The summed E-state index contributed by atoms with van der Waals surface area (Å²) in [5.74, 6) is 0.936. The molecular weight excluding hydrogens is 202 g/mol. The van der Waals surface area contributed by atoms with Gasteiger partial charge in [0.05, 0.1) is 6.54 Å². The van der Waals surface area contributed by atoms with Crippen LogP contribution in [-0.2, 0) is 6.54 Å². The van der Waals surface area contributed by atoms with Crippen LogP contribution < -0.4 is 5.32 Å². The molecule has 0 fully saturated rings. The van der Waals surface area contributed by atoms with Crippen molar-refractivity contribution in [3.63, 3.8) is 0 Å². The van der Waals surface area contributed by atoms with E-state index in [4.69, 9.17) is 9.52 Å². The van der Waals surface area contributed by atoms with Crippen LogP contribution in [0.5, 0.6) is 0 Å². The van der Waals surface area contributed by atoms with Gasteiger partial charge in [-0.2, -0.15) is 0 Å². The summed E-state index contributed by atoms with van der Waals surface area (Å²) in [4.78, 5) is 0. The smallest absolute Gasteiger partial charge is 0.134 e. The van der Waals surface area contributed by atoms with Gasteiger partial charge in [0.1, 0.15) is 11.3 Å². The fourth-order valence-corrected chi connectivity index (χ4v) is 1.69. The quantitative estimate of drug-likeness (QED) is 0.811. The summed E-state index contributed by atoms with van der Waals surface area (Å²) in [5, 5.41) is 13.2. The van der Waals surface area contributed by atoms with E-state index in [-0.39, 0.29) is 6.61 Å². The Morgan fingerprint density at radius 3 is 2.94 bits per heavy atom. The minimum absolute atomic E-state index is 0.217. The normalized spacial score (nSPS) is 13.1. The Bertz CT molecular complexity index is 417. The van der Waals surface area contributed by atoms with Gasteiger partial charge in [-0.15, -0.1) is 0 Å². The van der Waals surface area contributed by atoms with E-state index in [0.717, 1.165) is 23.2 Å². The minimum Gasteiger partial charge on any atom is -0.460 e. The number of para-hydroxylation sites is 1. The number of hydrogen-bond acceptors (Lipinski definition) is 3. The topological polar surface area (TPSA) is 45.4 Å². The molecule has 86 valence electrons. The third kappa shape index (κ3) is 2.62. The Balaban J connectivity index is 1.99. The molecule has 1 atom stereocenters. The third-order valence-corrected chi connectivity index (χ3v) is 2.66. The molecule has 2 aromatic rings. The van der Waals surface area contributed by atoms with Gasteiger partial charge in [0.2, 0.25) is 0 Å². The number of furan rings is 1. The summed E-state index contributed by atoms with van der Waals surface area (Å²) in [6.07, 6.45) is 0.764. The molecule has 0 saturated carbocycles. The Labute approximate surface area is 95.1 Å². The van der Waals surface area contributed by atoms with Crippen LogP contribution in [0, 0.1) is 0 Å². The third-order valence-electron chi connectivity index (χ3n) is 2.66. The number of rotatable bonds is 5. The van der Waals surface area contributed by atoms with Crippen molar-refractivity contribution in [1.82, 2.24) is 5.32 Å². The van der Waals surface area contributed by atoms with Gasteiger partial charge in [0.25, 0.3) is 0 Å². The van der Waals surface area contributed by atoms with Gasteiger partial charge in [-0.1, -0.05) is 18.2 Å². The number of nitrogens with one attached hydrogen (secondary N) is 1. The molecule has 3 nitrogen and oxygen atoms in total. The fraction of sp³-hybridized carbons (Fsp3) is 0.385. The Kier molecular flexibility index (Phi) is 3.59. The highest BCUT2D eigenvalue weighted by molar-refractivity contribution is 5.77. The van der Waals surface area contributed by atoms with Gasteiger partial charge in [-0.25, -0.2) is 0 Å². The molecule has 0 bridgehead atoms. The second-order valence-electron chi connectivity index (χ2n) is 4.04. The first-order valence-electron chi connectivity index (χ1n) is 5.61. The molecule has 0 amide bonds. The highest BCUT2D eigenvalue weighted by Gasteiger charge is 2.04. The van der Waals surface area contributed by atoms with Crippen LogP contribution in [0.15, 0.2) is 34.7 Å². The standard InChI is InChI=1S/C13H17NO2/c1-10(6-7-15)14-9-12-8-11-4-2-3-5-13(11)16-12/h2-5,8,10,14-15H,6-7,9H2,1H3. The van der Waals surface area contributed by atoms with E-state index in [1.54, 1.807) is 0 Å². The molecule has 3 heteroatoms. The van der Waals surface area contributed by atoms with Gasteiger partial charge in [-0.05, 0) is 25.5 Å². The number of benzene rings is 1. The first-order chi connectivity index (χ1) is 7.79. The van der Waals surface area contributed by atoms with E-state index in [9.17, 15) is 0 Å². The summed E-state index contributed by atoms with van der Waals surface area (Å²) in [5.41, 5.74) is 0.925.